The number of piperazine rings is 1. The lowest BCUT2D eigenvalue weighted by Gasteiger charge is -2.34. The Morgan fingerprint density at radius 2 is 1.59 bits per heavy atom. The third-order valence-corrected chi connectivity index (χ3v) is 8.65. The number of nitrogens with zero attached hydrogens (tertiary/aromatic N) is 5. The van der Waals surface area contributed by atoms with E-state index in [0.29, 0.717) is 35.6 Å². The van der Waals surface area contributed by atoms with Gasteiger partial charge >= 0.3 is 0 Å². The summed E-state index contributed by atoms with van der Waals surface area (Å²) in [6.45, 7) is 11.5. The Bertz CT molecular complexity index is 1280. The first-order valence-electron chi connectivity index (χ1n) is 10.8. The summed E-state index contributed by atoms with van der Waals surface area (Å²) in [5.74, 6) is -0.117. The summed E-state index contributed by atoms with van der Waals surface area (Å²) in [6.07, 6.45) is 0. The fraction of sp³-hybridized carbons (Fsp3) is 0.435. The number of aryl methyl sites for hydroxylation is 3. The Kier molecular flexibility index (Phi) is 5.81. The molecule has 4 rings (SSSR count). The number of rotatable bonds is 4. The molecule has 170 valence electrons. The van der Waals surface area contributed by atoms with Crippen molar-refractivity contribution in [2.45, 2.75) is 46.1 Å². The molecule has 32 heavy (non-hydrogen) atoms. The van der Waals surface area contributed by atoms with Gasteiger partial charge in [0.15, 0.2) is 0 Å². The molecule has 0 aliphatic carbocycles. The fourth-order valence-corrected chi connectivity index (χ4v) is 6.35. The number of amides is 1. The Morgan fingerprint density at radius 3 is 2.19 bits per heavy atom. The number of carbonyl (C=O) groups is 1. The van der Waals surface area contributed by atoms with Gasteiger partial charge in [-0.3, -0.25) is 4.79 Å². The van der Waals surface area contributed by atoms with Gasteiger partial charge in [0.05, 0.1) is 10.4 Å². The number of sulfonamides is 1. The molecule has 2 aromatic carbocycles. The van der Waals surface area contributed by atoms with Crippen molar-refractivity contribution in [3.8, 4) is 0 Å². The summed E-state index contributed by atoms with van der Waals surface area (Å²) in [6, 6.07) is 7.42. The molecule has 8 nitrogen and oxygen atoms in total. The van der Waals surface area contributed by atoms with E-state index < -0.39 is 10.0 Å². The Morgan fingerprint density at radius 1 is 0.969 bits per heavy atom. The first-order chi connectivity index (χ1) is 15.1. The quantitative estimate of drug-likeness (QED) is 0.604. The van der Waals surface area contributed by atoms with Crippen LogP contribution in [0.15, 0.2) is 29.2 Å². The van der Waals surface area contributed by atoms with Crippen LogP contribution in [0.3, 0.4) is 0 Å². The molecular weight excluding hydrogens is 426 g/mol. The molecule has 0 radical (unpaired) electrons. The third kappa shape index (κ3) is 3.69. The smallest absolute Gasteiger partial charge is 0.254 e. The Hall–Kier alpha value is -2.78. The summed E-state index contributed by atoms with van der Waals surface area (Å²) >= 11 is 0. The Balaban J connectivity index is 1.52. The second-order valence-electron chi connectivity index (χ2n) is 8.39. The van der Waals surface area contributed by atoms with Crippen molar-refractivity contribution in [1.82, 2.24) is 24.2 Å². The molecule has 1 aromatic heterocycles. The number of hydrogen-bond acceptors (Lipinski definition) is 5. The normalized spacial score (nSPS) is 15.5. The molecule has 1 saturated heterocycles. The van der Waals surface area contributed by atoms with Gasteiger partial charge in [0, 0.05) is 38.3 Å². The van der Waals surface area contributed by atoms with Crippen LogP contribution in [0.5, 0.6) is 0 Å². The summed E-state index contributed by atoms with van der Waals surface area (Å²) < 4.78 is 30.2. The highest BCUT2D eigenvalue weighted by Gasteiger charge is 2.33. The minimum Gasteiger partial charge on any atom is -0.336 e. The maximum atomic E-state index is 13.5. The molecule has 0 saturated carbocycles. The van der Waals surface area contributed by atoms with E-state index in [0.717, 1.165) is 27.8 Å². The first-order valence-corrected chi connectivity index (χ1v) is 12.3. The van der Waals surface area contributed by atoms with Crippen molar-refractivity contribution in [1.29, 1.82) is 0 Å². The lowest BCUT2D eigenvalue weighted by atomic mass is 10.0. The van der Waals surface area contributed by atoms with Gasteiger partial charge in [0.25, 0.3) is 5.91 Å². The van der Waals surface area contributed by atoms with Crippen molar-refractivity contribution in [2.75, 3.05) is 26.2 Å². The van der Waals surface area contributed by atoms with E-state index in [9.17, 15) is 13.2 Å². The molecule has 0 unspecified atom stereocenters. The van der Waals surface area contributed by atoms with E-state index in [1.165, 1.54) is 4.31 Å². The van der Waals surface area contributed by atoms with Crippen LogP contribution in [-0.2, 0) is 16.6 Å². The number of benzene rings is 2. The molecule has 1 fully saturated rings. The molecule has 0 N–H and O–H groups in total. The summed E-state index contributed by atoms with van der Waals surface area (Å²) in [5.41, 5.74) is 5.63. The van der Waals surface area contributed by atoms with Crippen LogP contribution >= 0.6 is 0 Å². The van der Waals surface area contributed by atoms with Crippen molar-refractivity contribution in [2.24, 2.45) is 0 Å². The van der Waals surface area contributed by atoms with E-state index >= 15 is 0 Å². The molecule has 0 atom stereocenters. The highest BCUT2D eigenvalue weighted by molar-refractivity contribution is 7.89. The average molecular weight is 456 g/mol. The third-order valence-electron chi connectivity index (χ3n) is 6.48. The van der Waals surface area contributed by atoms with Crippen LogP contribution in [0.25, 0.3) is 11.0 Å². The molecule has 2 heterocycles. The van der Waals surface area contributed by atoms with Gasteiger partial charge in [-0.05, 0) is 75.1 Å². The van der Waals surface area contributed by atoms with E-state index in [1.807, 2.05) is 46.8 Å². The monoisotopic (exact) mass is 455 g/mol. The maximum Gasteiger partial charge on any atom is 0.254 e. The molecule has 0 spiro atoms. The van der Waals surface area contributed by atoms with Crippen LogP contribution in [0.4, 0.5) is 0 Å². The van der Waals surface area contributed by atoms with Crippen LogP contribution in [0.1, 0.15) is 39.5 Å². The van der Waals surface area contributed by atoms with Gasteiger partial charge in [-0.25, -0.2) is 13.1 Å². The lowest BCUT2D eigenvalue weighted by molar-refractivity contribution is 0.0698. The largest absolute Gasteiger partial charge is 0.336 e. The first kappa shape index (κ1) is 22.4. The fourth-order valence-electron chi connectivity index (χ4n) is 4.35. The predicted octanol–water partition coefficient (Wildman–Crippen LogP) is 2.83. The molecule has 9 heteroatoms. The van der Waals surface area contributed by atoms with E-state index in [-0.39, 0.29) is 19.0 Å². The summed E-state index contributed by atoms with van der Waals surface area (Å²) in [4.78, 5) is 15.2. The van der Waals surface area contributed by atoms with Crippen LogP contribution < -0.4 is 0 Å². The molecule has 1 amide bonds. The van der Waals surface area contributed by atoms with Gasteiger partial charge in [0.2, 0.25) is 10.0 Å². The van der Waals surface area contributed by atoms with Crippen LogP contribution in [-0.4, -0.2) is 64.7 Å². The van der Waals surface area contributed by atoms with Gasteiger partial charge in [-0.2, -0.15) is 4.31 Å². The predicted molar refractivity (Wildman–Crippen MR) is 123 cm³/mol. The van der Waals surface area contributed by atoms with E-state index in [4.69, 9.17) is 0 Å². The van der Waals surface area contributed by atoms with Crippen molar-refractivity contribution in [3.63, 3.8) is 0 Å². The second kappa shape index (κ2) is 8.29. The highest BCUT2D eigenvalue weighted by Crippen LogP contribution is 2.29. The standard InChI is InChI=1S/C23H29N5O3S/c1-6-28-21-8-7-19(14-20(21)24-25-28)23(29)26-9-11-27(12-10-26)32(30,31)22-17(4)15(2)13-16(3)18(22)5/h7-8,13-14H,6,9-12H2,1-5H3. The number of fused-ring (bicyclic) bond motifs is 1. The zero-order chi connectivity index (χ0) is 23.2. The zero-order valence-corrected chi connectivity index (χ0v) is 20.0. The van der Waals surface area contributed by atoms with Gasteiger partial charge in [-0.15, -0.1) is 5.10 Å². The second-order valence-corrected chi connectivity index (χ2v) is 10.3. The molecule has 1 aliphatic heterocycles. The van der Waals surface area contributed by atoms with Crippen molar-refractivity contribution in [3.05, 3.63) is 52.1 Å². The average Bonchev–Trinajstić information content (AvgIpc) is 3.19. The van der Waals surface area contributed by atoms with Crippen molar-refractivity contribution < 1.29 is 13.2 Å². The van der Waals surface area contributed by atoms with Gasteiger partial charge in [0.1, 0.15) is 5.52 Å². The SMILES string of the molecule is CCn1nnc2cc(C(=O)N3CCN(S(=O)(=O)c4c(C)c(C)cc(C)c4C)CC3)ccc21. The minimum atomic E-state index is -3.64. The molecule has 1 aliphatic rings. The number of carbonyl (C=O) groups excluding carboxylic acids is 1. The number of hydrogen-bond donors (Lipinski definition) is 0. The Labute approximate surface area is 188 Å². The molecule has 3 aromatic rings. The van der Waals surface area contributed by atoms with E-state index in [1.54, 1.807) is 21.7 Å². The van der Waals surface area contributed by atoms with Crippen LogP contribution in [0, 0.1) is 27.7 Å². The van der Waals surface area contributed by atoms with Gasteiger partial charge < -0.3 is 4.90 Å². The highest BCUT2D eigenvalue weighted by atomic mass is 32.2. The molecular formula is C23H29N5O3S. The zero-order valence-electron chi connectivity index (χ0n) is 19.2. The maximum absolute atomic E-state index is 13.5. The minimum absolute atomic E-state index is 0.117. The number of aromatic nitrogens is 3. The summed E-state index contributed by atoms with van der Waals surface area (Å²) in [7, 11) is -3.64. The topological polar surface area (TPSA) is 88.4 Å². The van der Waals surface area contributed by atoms with E-state index in [2.05, 4.69) is 10.3 Å². The van der Waals surface area contributed by atoms with Gasteiger partial charge in [-0.1, -0.05) is 11.3 Å². The molecule has 0 bridgehead atoms. The van der Waals surface area contributed by atoms with Crippen molar-refractivity contribution >= 4 is 27.0 Å². The van der Waals surface area contributed by atoms with Crippen LogP contribution in [0.2, 0.25) is 0 Å². The summed E-state index contributed by atoms with van der Waals surface area (Å²) in [5, 5.41) is 8.23. The lowest BCUT2D eigenvalue weighted by Crippen LogP contribution is -2.50.